The molecule has 3 aromatic rings. The number of hydrogen-bond acceptors (Lipinski definition) is 8. The van der Waals surface area contributed by atoms with Crippen LogP contribution in [0.2, 0.25) is 0 Å². The van der Waals surface area contributed by atoms with Crippen LogP contribution < -0.4 is 14.8 Å². The normalized spacial score (nSPS) is 11.2. The molecule has 0 spiro atoms. The van der Waals surface area contributed by atoms with Crippen molar-refractivity contribution in [2.24, 2.45) is 0 Å². The fourth-order valence-corrected chi connectivity index (χ4v) is 3.96. The number of hydrogen-bond donors (Lipinski definition) is 1. The molecule has 0 aliphatic carbocycles. The summed E-state index contributed by atoms with van der Waals surface area (Å²) in [5.41, 5.74) is 1.47. The predicted octanol–water partition coefficient (Wildman–Crippen LogP) is 2.94. The molecule has 164 valence electrons. The van der Waals surface area contributed by atoms with Crippen molar-refractivity contribution in [1.82, 2.24) is 10.1 Å². The van der Waals surface area contributed by atoms with Gasteiger partial charge >= 0.3 is 0 Å². The van der Waals surface area contributed by atoms with Crippen LogP contribution in [0.3, 0.4) is 0 Å². The minimum absolute atomic E-state index is 0.0489. The highest BCUT2D eigenvalue weighted by atomic mass is 32.2. The Morgan fingerprint density at radius 3 is 2.52 bits per heavy atom. The van der Waals surface area contributed by atoms with Gasteiger partial charge in [-0.3, -0.25) is 4.79 Å². The van der Waals surface area contributed by atoms with E-state index in [1.54, 1.807) is 42.5 Å². The smallest absolute Gasteiger partial charge is 0.227 e. The van der Waals surface area contributed by atoms with Crippen molar-refractivity contribution in [2.45, 2.75) is 30.4 Å². The van der Waals surface area contributed by atoms with Crippen LogP contribution in [0, 0.1) is 6.92 Å². The number of rotatable bonds is 9. The van der Waals surface area contributed by atoms with Gasteiger partial charge in [-0.15, -0.1) is 0 Å². The monoisotopic (exact) mass is 445 g/mol. The first-order valence-corrected chi connectivity index (χ1v) is 11.1. The zero-order valence-corrected chi connectivity index (χ0v) is 18.2. The van der Waals surface area contributed by atoms with Crippen LogP contribution in [-0.2, 0) is 26.8 Å². The Morgan fingerprint density at radius 1 is 1.10 bits per heavy atom. The number of sulfone groups is 1. The highest BCUT2D eigenvalue weighted by Gasteiger charge is 2.20. The molecule has 1 amide bonds. The van der Waals surface area contributed by atoms with Gasteiger partial charge in [0.25, 0.3) is 0 Å². The molecule has 0 saturated heterocycles. The molecule has 0 aliphatic rings. The summed E-state index contributed by atoms with van der Waals surface area (Å²) in [5.74, 6) is 0.645. The Morgan fingerprint density at radius 2 is 1.84 bits per heavy atom. The Hall–Kier alpha value is -3.40. The van der Waals surface area contributed by atoms with Crippen LogP contribution in [0.25, 0.3) is 0 Å². The van der Waals surface area contributed by atoms with Gasteiger partial charge in [-0.05, 0) is 31.2 Å². The number of aryl methyl sites for hydroxylation is 2. The maximum absolute atomic E-state index is 12.5. The number of ether oxygens (including phenoxy) is 2. The average Bonchev–Trinajstić information content (AvgIpc) is 3.19. The van der Waals surface area contributed by atoms with Gasteiger partial charge in [-0.2, -0.15) is 4.98 Å². The molecule has 0 radical (unpaired) electrons. The minimum atomic E-state index is -3.59. The number of carbonyl (C=O) groups excluding carboxylic acids is 1. The zero-order chi connectivity index (χ0) is 22.4. The summed E-state index contributed by atoms with van der Waals surface area (Å²) in [7, 11) is -0.556. The lowest BCUT2D eigenvalue weighted by Gasteiger charge is -2.11. The van der Waals surface area contributed by atoms with Crippen molar-refractivity contribution in [3.63, 3.8) is 0 Å². The number of anilines is 1. The van der Waals surface area contributed by atoms with Crippen LogP contribution in [-0.4, -0.2) is 38.7 Å². The summed E-state index contributed by atoms with van der Waals surface area (Å²) in [6.45, 7) is 1.88. The molecule has 0 aliphatic heterocycles. The Balaban J connectivity index is 1.58. The number of carbonyl (C=O) groups is 1. The first kappa shape index (κ1) is 22.3. The first-order valence-electron chi connectivity index (χ1n) is 9.43. The molecule has 1 heterocycles. The molecule has 0 unspecified atom stereocenters. The standard InChI is InChI=1S/C21H23N3O6S/c1-14-4-7-16(8-5-14)31(26,27)13-19-23-21(30-24-19)11-10-20(25)22-17-9-6-15(28-2)12-18(17)29-3/h4-9,12H,10-11,13H2,1-3H3,(H,22,25). The third-order valence-corrected chi connectivity index (χ3v) is 6.09. The van der Waals surface area contributed by atoms with Crippen molar-refractivity contribution in [3.05, 3.63) is 59.7 Å². The van der Waals surface area contributed by atoms with Gasteiger partial charge in [0.05, 0.1) is 24.8 Å². The van der Waals surface area contributed by atoms with E-state index in [1.165, 1.54) is 14.2 Å². The molecule has 31 heavy (non-hydrogen) atoms. The van der Waals surface area contributed by atoms with Crippen LogP contribution >= 0.6 is 0 Å². The summed E-state index contributed by atoms with van der Waals surface area (Å²) in [4.78, 5) is 16.6. The summed E-state index contributed by atoms with van der Waals surface area (Å²) in [6.07, 6.45) is 0.239. The zero-order valence-electron chi connectivity index (χ0n) is 17.4. The van der Waals surface area contributed by atoms with E-state index >= 15 is 0 Å². The van der Waals surface area contributed by atoms with Crippen LogP contribution in [0.15, 0.2) is 51.9 Å². The average molecular weight is 445 g/mol. The SMILES string of the molecule is COc1ccc(NC(=O)CCc2nc(CS(=O)(=O)c3ccc(C)cc3)no2)c(OC)c1. The summed E-state index contributed by atoms with van der Waals surface area (Å²) in [5, 5.41) is 6.47. The molecular formula is C21H23N3O6S. The molecular weight excluding hydrogens is 422 g/mol. The van der Waals surface area contributed by atoms with E-state index in [4.69, 9.17) is 14.0 Å². The van der Waals surface area contributed by atoms with Crippen LogP contribution in [0.1, 0.15) is 23.7 Å². The second-order valence-electron chi connectivity index (χ2n) is 6.79. The van der Waals surface area contributed by atoms with E-state index in [9.17, 15) is 13.2 Å². The molecule has 10 heteroatoms. The second kappa shape index (κ2) is 9.61. The van der Waals surface area contributed by atoms with Crippen LogP contribution in [0.4, 0.5) is 5.69 Å². The molecule has 9 nitrogen and oxygen atoms in total. The number of benzene rings is 2. The van der Waals surface area contributed by atoms with Crippen molar-refractivity contribution in [2.75, 3.05) is 19.5 Å². The molecule has 0 saturated carbocycles. The summed E-state index contributed by atoms with van der Waals surface area (Å²) >= 11 is 0. The fourth-order valence-electron chi connectivity index (χ4n) is 2.78. The highest BCUT2D eigenvalue weighted by molar-refractivity contribution is 7.90. The number of methoxy groups -OCH3 is 2. The molecule has 1 aromatic heterocycles. The lowest BCUT2D eigenvalue weighted by Crippen LogP contribution is -2.13. The predicted molar refractivity (Wildman–Crippen MR) is 113 cm³/mol. The number of nitrogens with zero attached hydrogens (tertiary/aromatic N) is 2. The highest BCUT2D eigenvalue weighted by Crippen LogP contribution is 2.29. The molecule has 0 fully saturated rings. The number of aromatic nitrogens is 2. The second-order valence-corrected chi connectivity index (χ2v) is 8.78. The fraction of sp³-hybridized carbons (Fsp3) is 0.286. The minimum Gasteiger partial charge on any atom is -0.497 e. The van der Waals surface area contributed by atoms with E-state index in [1.807, 2.05) is 6.92 Å². The number of amides is 1. The summed E-state index contributed by atoms with van der Waals surface area (Å²) < 4.78 is 40.5. The van der Waals surface area contributed by atoms with E-state index in [2.05, 4.69) is 15.5 Å². The van der Waals surface area contributed by atoms with Gasteiger partial charge in [0.1, 0.15) is 17.3 Å². The topological polar surface area (TPSA) is 121 Å². The lowest BCUT2D eigenvalue weighted by atomic mass is 10.2. The van der Waals surface area contributed by atoms with Crippen molar-refractivity contribution >= 4 is 21.4 Å². The molecule has 0 bridgehead atoms. The maximum Gasteiger partial charge on any atom is 0.227 e. The van der Waals surface area contributed by atoms with Crippen molar-refractivity contribution < 1.29 is 27.2 Å². The maximum atomic E-state index is 12.5. The third kappa shape index (κ3) is 5.82. The van der Waals surface area contributed by atoms with Gasteiger partial charge in [0.15, 0.2) is 15.7 Å². The van der Waals surface area contributed by atoms with E-state index in [0.717, 1.165) is 5.56 Å². The molecule has 3 rings (SSSR count). The lowest BCUT2D eigenvalue weighted by molar-refractivity contribution is -0.116. The Kier molecular flexibility index (Phi) is 6.91. The first-order chi connectivity index (χ1) is 14.8. The third-order valence-electron chi connectivity index (χ3n) is 4.46. The van der Waals surface area contributed by atoms with Gasteiger partial charge < -0.3 is 19.3 Å². The number of nitrogens with one attached hydrogen (secondary N) is 1. The van der Waals surface area contributed by atoms with Crippen LogP contribution in [0.5, 0.6) is 11.5 Å². The van der Waals surface area contributed by atoms with E-state index in [-0.39, 0.29) is 41.1 Å². The van der Waals surface area contributed by atoms with Crippen molar-refractivity contribution in [1.29, 1.82) is 0 Å². The Labute approximate surface area is 180 Å². The van der Waals surface area contributed by atoms with Crippen molar-refractivity contribution in [3.8, 4) is 11.5 Å². The van der Waals surface area contributed by atoms with Gasteiger partial charge in [0.2, 0.25) is 11.8 Å². The van der Waals surface area contributed by atoms with E-state index in [0.29, 0.717) is 17.2 Å². The molecule has 1 N–H and O–H groups in total. The van der Waals surface area contributed by atoms with Gasteiger partial charge in [-0.25, -0.2) is 8.42 Å². The Bertz CT molecular complexity index is 1160. The summed E-state index contributed by atoms with van der Waals surface area (Å²) in [6, 6.07) is 11.6. The van der Waals surface area contributed by atoms with Gasteiger partial charge in [0, 0.05) is 18.9 Å². The molecule has 0 atom stereocenters. The van der Waals surface area contributed by atoms with Gasteiger partial charge in [-0.1, -0.05) is 22.9 Å². The largest absolute Gasteiger partial charge is 0.497 e. The quantitative estimate of drug-likeness (QED) is 0.534. The molecule has 2 aromatic carbocycles. The van der Waals surface area contributed by atoms with E-state index < -0.39 is 9.84 Å².